The van der Waals surface area contributed by atoms with Gasteiger partial charge in [-0.15, -0.1) is 0 Å². The van der Waals surface area contributed by atoms with Crippen molar-refractivity contribution in [2.45, 2.75) is 6.10 Å². The minimum atomic E-state index is -0.523. The maximum atomic E-state index is 11.3. The first-order valence-corrected chi connectivity index (χ1v) is 5.54. The highest BCUT2D eigenvalue weighted by molar-refractivity contribution is 6.01. The molecule has 0 aliphatic heterocycles. The van der Waals surface area contributed by atoms with Gasteiger partial charge in [-0.25, -0.2) is 0 Å². The van der Waals surface area contributed by atoms with E-state index in [9.17, 15) is 4.79 Å². The van der Waals surface area contributed by atoms with Crippen molar-refractivity contribution in [1.29, 1.82) is 0 Å². The summed E-state index contributed by atoms with van der Waals surface area (Å²) in [6.07, 6.45) is -0.129. The number of carbonyl (C=O) groups is 1. The van der Waals surface area contributed by atoms with E-state index in [2.05, 4.69) is 5.32 Å². The Labute approximate surface area is 106 Å². The summed E-state index contributed by atoms with van der Waals surface area (Å²) >= 11 is 0. The summed E-state index contributed by atoms with van der Waals surface area (Å²) in [5.74, 6) is -0.523. The van der Waals surface area contributed by atoms with E-state index in [1.54, 1.807) is 32.4 Å². The van der Waals surface area contributed by atoms with Crippen LogP contribution in [0.15, 0.2) is 18.2 Å². The van der Waals surface area contributed by atoms with Crippen molar-refractivity contribution >= 4 is 17.3 Å². The van der Waals surface area contributed by atoms with E-state index in [4.69, 9.17) is 20.9 Å². The number of benzene rings is 1. The standard InChI is InChI=1S/C12H19N3O3/c1-17-7-8(18-2)6-15-11-9(12(14)16)4-3-5-10(11)13/h3-5,8,15H,6-7,13H2,1-2H3,(H2,14,16). The number of primary amides is 1. The fourth-order valence-electron chi connectivity index (χ4n) is 1.58. The number of anilines is 2. The molecular weight excluding hydrogens is 234 g/mol. The molecule has 100 valence electrons. The lowest BCUT2D eigenvalue weighted by Gasteiger charge is -2.18. The van der Waals surface area contributed by atoms with E-state index in [-0.39, 0.29) is 6.10 Å². The third-order valence-electron chi connectivity index (χ3n) is 2.55. The van der Waals surface area contributed by atoms with Gasteiger partial charge in [-0.1, -0.05) is 6.07 Å². The average molecular weight is 253 g/mol. The van der Waals surface area contributed by atoms with Crippen LogP contribution in [0.5, 0.6) is 0 Å². The second-order valence-electron chi connectivity index (χ2n) is 3.83. The highest BCUT2D eigenvalue weighted by Gasteiger charge is 2.13. The molecular formula is C12H19N3O3. The molecule has 1 unspecified atom stereocenters. The lowest BCUT2D eigenvalue weighted by Crippen LogP contribution is -2.28. The minimum absolute atomic E-state index is 0.129. The number of para-hydroxylation sites is 1. The van der Waals surface area contributed by atoms with Crippen LogP contribution in [0.1, 0.15) is 10.4 Å². The fraction of sp³-hybridized carbons (Fsp3) is 0.417. The normalized spacial score (nSPS) is 12.1. The number of carbonyl (C=O) groups excluding carboxylic acids is 1. The number of hydrogen-bond acceptors (Lipinski definition) is 5. The summed E-state index contributed by atoms with van der Waals surface area (Å²) in [6.45, 7) is 0.918. The summed E-state index contributed by atoms with van der Waals surface area (Å²) in [5.41, 5.74) is 12.5. The van der Waals surface area contributed by atoms with Crippen LogP contribution in [0.25, 0.3) is 0 Å². The van der Waals surface area contributed by atoms with Gasteiger partial charge in [0.05, 0.1) is 29.6 Å². The molecule has 1 amide bonds. The molecule has 1 atom stereocenters. The smallest absolute Gasteiger partial charge is 0.250 e. The van der Waals surface area contributed by atoms with Crippen LogP contribution in [0.4, 0.5) is 11.4 Å². The Balaban J connectivity index is 2.80. The maximum absolute atomic E-state index is 11.3. The molecule has 0 aliphatic carbocycles. The van der Waals surface area contributed by atoms with Crippen LogP contribution in [0, 0.1) is 0 Å². The highest BCUT2D eigenvalue weighted by Crippen LogP contribution is 2.23. The number of ether oxygens (including phenoxy) is 2. The lowest BCUT2D eigenvalue weighted by molar-refractivity contribution is 0.0365. The average Bonchev–Trinajstić information content (AvgIpc) is 2.35. The van der Waals surface area contributed by atoms with Crippen molar-refractivity contribution < 1.29 is 14.3 Å². The zero-order valence-corrected chi connectivity index (χ0v) is 10.6. The molecule has 0 spiro atoms. The van der Waals surface area contributed by atoms with E-state index in [0.717, 1.165) is 0 Å². The van der Waals surface area contributed by atoms with Gasteiger partial charge >= 0.3 is 0 Å². The van der Waals surface area contributed by atoms with Crippen molar-refractivity contribution in [3.8, 4) is 0 Å². The van der Waals surface area contributed by atoms with Gasteiger partial charge in [0, 0.05) is 20.8 Å². The van der Waals surface area contributed by atoms with Crippen molar-refractivity contribution in [3.63, 3.8) is 0 Å². The molecule has 0 saturated heterocycles. The van der Waals surface area contributed by atoms with Gasteiger partial charge < -0.3 is 26.3 Å². The molecule has 0 saturated carbocycles. The summed E-state index contributed by atoms with van der Waals surface area (Å²) in [4.78, 5) is 11.3. The highest BCUT2D eigenvalue weighted by atomic mass is 16.5. The number of amides is 1. The third kappa shape index (κ3) is 3.61. The van der Waals surface area contributed by atoms with Gasteiger partial charge in [0.2, 0.25) is 0 Å². The molecule has 0 fully saturated rings. The topological polar surface area (TPSA) is 99.6 Å². The van der Waals surface area contributed by atoms with Crippen LogP contribution in [0.3, 0.4) is 0 Å². The Hall–Kier alpha value is -1.79. The molecule has 0 aromatic heterocycles. The Morgan fingerprint density at radius 3 is 2.72 bits per heavy atom. The van der Waals surface area contributed by atoms with E-state index >= 15 is 0 Å². The minimum Gasteiger partial charge on any atom is -0.397 e. The summed E-state index contributed by atoms with van der Waals surface area (Å²) in [5, 5.41) is 3.07. The largest absolute Gasteiger partial charge is 0.397 e. The van der Waals surface area contributed by atoms with Gasteiger partial charge in [-0.2, -0.15) is 0 Å². The Morgan fingerprint density at radius 1 is 1.44 bits per heavy atom. The van der Waals surface area contributed by atoms with Crippen LogP contribution in [0.2, 0.25) is 0 Å². The summed E-state index contributed by atoms with van der Waals surface area (Å²) in [6, 6.07) is 5.01. The van der Waals surface area contributed by atoms with Gasteiger partial charge in [0.25, 0.3) is 5.91 Å². The molecule has 5 N–H and O–H groups in total. The van der Waals surface area contributed by atoms with E-state index < -0.39 is 5.91 Å². The predicted octanol–water partition coefficient (Wildman–Crippen LogP) is 0.441. The van der Waals surface area contributed by atoms with Crippen molar-refractivity contribution in [1.82, 2.24) is 0 Å². The molecule has 1 rings (SSSR count). The molecule has 0 heterocycles. The van der Waals surface area contributed by atoms with Crippen LogP contribution >= 0.6 is 0 Å². The quantitative estimate of drug-likeness (QED) is 0.612. The number of nitrogens with two attached hydrogens (primary N) is 2. The number of rotatable bonds is 7. The Kier molecular flexibility index (Phi) is 5.41. The number of methoxy groups -OCH3 is 2. The molecule has 6 nitrogen and oxygen atoms in total. The van der Waals surface area contributed by atoms with Gasteiger partial charge in [0.15, 0.2) is 0 Å². The van der Waals surface area contributed by atoms with Crippen LogP contribution in [-0.4, -0.2) is 39.4 Å². The van der Waals surface area contributed by atoms with E-state index in [0.29, 0.717) is 30.1 Å². The SMILES string of the molecule is COCC(CNc1c(N)cccc1C(N)=O)OC. The first-order valence-electron chi connectivity index (χ1n) is 5.54. The molecule has 0 bridgehead atoms. The molecule has 18 heavy (non-hydrogen) atoms. The molecule has 1 aromatic carbocycles. The molecule has 1 aromatic rings. The lowest BCUT2D eigenvalue weighted by atomic mass is 10.1. The Morgan fingerprint density at radius 2 is 2.17 bits per heavy atom. The monoisotopic (exact) mass is 253 g/mol. The third-order valence-corrected chi connectivity index (χ3v) is 2.55. The van der Waals surface area contributed by atoms with Crippen molar-refractivity contribution in [3.05, 3.63) is 23.8 Å². The van der Waals surface area contributed by atoms with Crippen molar-refractivity contribution in [2.24, 2.45) is 5.73 Å². The van der Waals surface area contributed by atoms with E-state index in [1.807, 2.05) is 0 Å². The second-order valence-corrected chi connectivity index (χ2v) is 3.83. The maximum Gasteiger partial charge on any atom is 0.250 e. The van der Waals surface area contributed by atoms with Crippen LogP contribution < -0.4 is 16.8 Å². The summed E-state index contributed by atoms with van der Waals surface area (Å²) < 4.78 is 10.2. The molecule has 0 aliphatic rings. The van der Waals surface area contributed by atoms with Crippen LogP contribution in [-0.2, 0) is 9.47 Å². The van der Waals surface area contributed by atoms with Gasteiger partial charge in [0.1, 0.15) is 0 Å². The van der Waals surface area contributed by atoms with Crippen molar-refractivity contribution in [2.75, 3.05) is 38.4 Å². The molecule has 6 heteroatoms. The molecule has 0 radical (unpaired) electrons. The number of nitrogens with one attached hydrogen (secondary N) is 1. The van der Waals surface area contributed by atoms with Gasteiger partial charge in [-0.05, 0) is 12.1 Å². The Bertz CT molecular complexity index is 410. The van der Waals surface area contributed by atoms with Gasteiger partial charge in [-0.3, -0.25) is 4.79 Å². The summed E-state index contributed by atoms with van der Waals surface area (Å²) in [7, 11) is 3.19. The first-order chi connectivity index (χ1) is 8.60. The second kappa shape index (κ2) is 6.83. The number of nitrogen functional groups attached to an aromatic ring is 1. The zero-order valence-electron chi connectivity index (χ0n) is 10.6. The van der Waals surface area contributed by atoms with E-state index in [1.165, 1.54) is 0 Å². The first kappa shape index (κ1) is 14.3. The number of hydrogen-bond donors (Lipinski definition) is 3. The fourth-order valence-corrected chi connectivity index (χ4v) is 1.58. The zero-order chi connectivity index (χ0) is 13.5. The predicted molar refractivity (Wildman–Crippen MR) is 70.5 cm³/mol.